The molecule has 0 unspecified atom stereocenters. The minimum atomic E-state index is -4.23. The molecule has 1 N–H and O–H groups in total. The van der Waals surface area contributed by atoms with Crippen LogP contribution in [0.5, 0.6) is 0 Å². The molecule has 1 fully saturated rings. The van der Waals surface area contributed by atoms with Gasteiger partial charge in [-0.1, -0.05) is 12.1 Å². The van der Waals surface area contributed by atoms with Crippen LogP contribution in [0, 0.1) is 33.5 Å². The number of nitrogens with one attached hydrogen (secondary N) is 1. The fraction of sp³-hybridized carbons (Fsp3) is 0.320. The van der Waals surface area contributed by atoms with Gasteiger partial charge in [-0.3, -0.25) is 9.71 Å². The van der Waals surface area contributed by atoms with Gasteiger partial charge in [-0.25, -0.2) is 12.8 Å². The fourth-order valence-electron chi connectivity index (χ4n) is 4.34. The lowest BCUT2D eigenvalue weighted by atomic mass is 10.0. The Morgan fingerprint density at radius 3 is 2.51 bits per heavy atom. The maximum Gasteiger partial charge on any atom is 0.264 e. The lowest BCUT2D eigenvalue weighted by Crippen LogP contribution is -2.37. The first-order valence-electron chi connectivity index (χ1n) is 11.1. The van der Waals surface area contributed by atoms with E-state index in [1.165, 1.54) is 18.2 Å². The molecule has 0 atom stereocenters. The number of hydrogen-bond acceptors (Lipinski definition) is 7. The molecule has 2 heterocycles. The van der Waals surface area contributed by atoms with Crippen molar-refractivity contribution in [3.05, 3.63) is 68.7 Å². The minimum Gasteiger partial charge on any atom is -0.858 e. The summed E-state index contributed by atoms with van der Waals surface area (Å²) in [4.78, 5) is 6.28. The Bertz CT molecular complexity index is 1390. The van der Waals surface area contributed by atoms with E-state index in [-0.39, 0.29) is 10.6 Å². The number of nitrogens with zero attached hydrogens (tertiary/aromatic N) is 2. The van der Waals surface area contributed by atoms with Crippen LogP contribution >= 0.6 is 11.3 Å². The number of hydrogen-bond donors (Lipinski definition) is 1. The van der Waals surface area contributed by atoms with E-state index in [1.54, 1.807) is 12.3 Å². The molecule has 0 amide bonds. The fourth-order valence-corrected chi connectivity index (χ4v) is 6.27. The number of morpholine rings is 1. The smallest absolute Gasteiger partial charge is 0.264 e. The molecule has 3 aromatic rings. The molecule has 0 radical (unpaired) electrons. The van der Waals surface area contributed by atoms with E-state index in [9.17, 15) is 17.9 Å². The van der Waals surface area contributed by atoms with Crippen molar-refractivity contribution in [3.63, 3.8) is 0 Å². The second kappa shape index (κ2) is 9.96. The lowest BCUT2D eigenvalue weighted by molar-refractivity contribution is -0.212. The van der Waals surface area contributed by atoms with Gasteiger partial charge in [0.15, 0.2) is 0 Å². The molecule has 2 aromatic carbocycles. The van der Waals surface area contributed by atoms with E-state index in [4.69, 9.17) is 4.74 Å². The number of ether oxygens (including phenoxy) is 1. The van der Waals surface area contributed by atoms with Crippen molar-refractivity contribution in [2.75, 3.05) is 35.9 Å². The zero-order chi connectivity index (χ0) is 25.3. The Labute approximate surface area is 209 Å². The van der Waals surface area contributed by atoms with Gasteiger partial charge in [0.25, 0.3) is 10.0 Å². The van der Waals surface area contributed by atoms with Gasteiger partial charge in [0.05, 0.1) is 29.5 Å². The molecule has 7 nitrogen and oxygen atoms in total. The van der Waals surface area contributed by atoms with Crippen molar-refractivity contribution in [1.29, 1.82) is 0 Å². The number of aliphatic imine (C=N–C) groups is 1. The molecule has 35 heavy (non-hydrogen) atoms. The van der Waals surface area contributed by atoms with Crippen LogP contribution in [0.4, 0.5) is 21.5 Å². The number of benzene rings is 2. The number of aryl methyl sites for hydroxylation is 3. The lowest BCUT2D eigenvalue weighted by Gasteiger charge is -2.32. The summed E-state index contributed by atoms with van der Waals surface area (Å²) in [7, 11) is -4.23. The van der Waals surface area contributed by atoms with Gasteiger partial charge in [-0.2, -0.15) is 0 Å². The van der Waals surface area contributed by atoms with E-state index in [0.29, 0.717) is 24.5 Å². The van der Waals surface area contributed by atoms with Gasteiger partial charge in [-0.15, -0.1) is 11.3 Å². The average Bonchev–Trinajstić information content (AvgIpc) is 3.24. The van der Waals surface area contributed by atoms with Crippen LogP contribution in [0.25, 0.3) is 0 Å². The van der Waals surface area contributed by atoms with Crippen molar-refractivity contribution < 1.29 is 22.7 Å². The number of rotatable bonds is 6. The largest absolute Gasteiger partial charge is 0.858 e. The zero-order valence-electron chi connectivity index (χ0n) is 20.0. The summed E-state index contributed by atoms with van der Waals surface area (Å²) in [6, 6.07) is 7.35. The third-order valence-corrected chi connectivity index (χ3v) is 8.21. The molecule has 1 aliphatic heterocycles. The summed E-state index contributed by atoms with van der Waals surface area (Å²) < 4.78 is 47.8. The third kappa shape index (κ3) is 5.19. The third-order valence-electron chi connectivity index (χ3n) is 5.91. The van der Waals surface area contributed by atoms with E-state index in [0.717, 1.165) is 52.9 Å². The van der Waals surface area contributed by atoms with Gasteiger partial charge >= 0.3 is 0 Å². The van der Waals surface area contributed by atoms with E-state index in [2.05, 4.69) is 14.6 Å². The molecular formula is C25H27FN3O4S2-. The molecule has 186 valence electrons. The molecule has 0 bridgehead atoms. The predicted octanol–water partition coefficient (Wildman–Crippen LogP) is 4.20. The molecule has 0 saturated carbocycles. The highest BCUT2D eigenvalue weighted by molar-refractivity contribution is 7.92. The van der Waals surface area contributed by atoms with Gasteiger partial charge < -0.3 is 14.7 Å². The average molecular weight is 517 g/mol. The molecule has 1 aromatic heterocycles. The highest BCUT2D eigenvalue weighted by Crippen LogP contribution is 2.37. The molecular weight excluding hydrogens is 489 g/mol. The molecule has 1 aliphatic rings. The summed E-state index contributed by atoms with van der Waals surface area (Å²) >= 11 is 1.08. The maximum atomic E-state index is 14.3. The minimum absolute atomic E-state index is 0.0690. The number of anilines is 2. The van der Waals surface area contributed by atoms with Crippen LogP contribution in [0.15, 0.2) is 45.6 Å². The summed E-state index contributed by atoms with van der Waals surface area (Å²) in [5, 5.41) is 14.8. The summed E-state index contributed by atoms with van der Waals surface area (Å²) in [5.41, 5.74) is 5.11. The van der Waals surface area contributed by atoms with Crippen LogP contribution in [-0.4, -0.2) is 40.6 Å². The topological polar surface area (TPSA) is 94.1 Å². The van der Waals surface area contributed by atoms with Crippen molar-refractivity contribution >= 4 is 44.3 Å². The predicted molar refractivity (Wildman–Crippen MR) is 136 cm³/mol. The Morgan fingerprint density at radius 2 is 1.83 bits per heavy atom. The van der Waals surface area contributed by atoms with Gasteiger partial charge in [0, 0.05) is 24.7 Å². The monoisotopic (exact) mass is 516 g/mol. The summed E-state index contributed by atoms with van der Waals surface area (Å²) in [6.07, 6.45) is 0. The van der Waals surface area contributed by atoms with Crippen LogP contribution in [0.1, 0.15) is 27.1 Å². The van der Waals surface area contributed by atoms with Crippen molar-refractivity contribution in [3.8, 4) is 0 Å². The Morgan fingerprint density at radius 1 is 1.11 bits per heavy atom. The molecule has 4 rings (SSSR count). The second-order valence-corrected chi connectivity index (χ2v) is 11.1. The first-order chi connectivity index (χ1) is 16.6. The normalized spacial score (nSPS) is 14.9. The van der Waals surface area contributed by atoms with Crippen LogP contribution in [0.2, 0.25) is 0 Å². The maximum absolute atomic E-state index is 14.3. The van der Waals surface area contributed by atoms with Crippen molar-refractivity contribution in [2.24, 2.45) is 4.99 Å². The van der Waals surface area contributed by atoms with Crippen molar-refractivity contribution in [2.45, 2.75) is 32.6 Å². The highest BCUT2D eigenvalue weighted by atomic mass is 32.2. The van der Waals surface area contributed by atoms with E-state index in [1.807, 2.05) is 26.8 Å². The SMILES string of the molecule is Cc1ccc(S(=O)(=O)Nc2ccsc2C([O-])=Nc2c(C)cc(C)c(N3CCOCC3)c2C)c(F)c1. The number of halogens is 1. The molecule has 0 spiro atoms. The summed E-state index contributed by atoms with van der Waals surface area (Å²) in [6.45, 7) is 10.3. The first kappa shape index (κ1) is 25.2. The van der Waals surface area contributed by atoms with Crippen molar-refractivity contribution in [1.82, 2.24) is 0 Å². The van der Waals surface area contributed by atoms with Crippen LogP contribution in [0.3, 0.4) is 0 Å². The van der Waals surface area contributed by atoms with Gasteiger partial charge in [0.1, 0.15) is 10.7 Å². The van der Waals surface area contributed by atoms with Crippen LogP contribution < -0.4 is 14.7 Å². The number of sulfonamides is 1. The quantitative estimate of drug-likeness (QED) is 0.392. The van der Waals surface area contributed by atoms with E-state index < -0.39 is 26.6 Å². The summed E-state index contributed by atoms with van der Waals surface area (Å²) in [5.74, 6) is -1.42. The standard InChI is InChI=1S/C25H28FN3O4S2/c1-15-5-6-21(19(26)13-15)35(31,32)28-20-7-12-34-24(20)25(30)27-22-16(2)14-17(3)23(18(22)4)29-8-10-33-11-9-29/h5-7,12-14,28H,8-11H2,1-4H3,(H,27,30)/p-1. The first-order valence-corrected chi connectivity index (χ1v) is 13.5. The van der Waals surface area contributed by atoms with Gasteiger partial charge in [-0.05, 0) is 73.5 Å². The second-order valence-electron chi connectivity index (χ2n) is 8.55. The Hall–Kier alpha value is -2.95. The highest BCUT2D eigenvalue weighted by Gasteiger charge is 2.22. The van der Waals surface area contributed by atoms with Crippen LogP contribution in [-0.2, 0) is 14.8 Å². The van der Waals surface area contributed by atoms with Gasteiger partial charge in [0.2, 0.25) is 0 Å². The Balaban J connectivity index is 1.69. The Kier molecular flexibility index (Phi) is 7.16. The number of thiophene rings is 1. The molecule has 0 aliphatic carbocycles. The van der Waals surface area contributed by atoms with E-state index >= 15 is 0 Å². The zero-order valence-corrected chi connectivity index (χ0v) is 21.6. The molecule has 1 saturated heterocycles. The molecule has 10 heteroatoms.